The van der Waals surface area contributed by atoms with Gasteiger partial charge >= 0.3 is 0 Å². The summed E-state index contributed by atoms with van der Waals surface area (Å²) in [4.78, 5) is 0. The molecular weight excluding hydrogens is 273 g/mol. The second-order valence-corrected chi connectivity index (χ2v) is 5.78. The summed E-state index contributed by atoms with van der Waals surface area (Å²) in [6, 6.07) is 4.59. The highest BCUT2D eigenvalue weighted by Crippen LogP contribution is 2.27. The zero-order valence-electron chi connectivity index (χ0n) is 10.3. The molecule has 1 aromatic carbocycles. The molecule has 96 valence electrons. The van der Waals surface area contributed by atoms with Gasteiger partial charge in [0.1, 0.15) is 5.82 Å². The summed E-state index contributed by atoms with van der Waals surface area (Å²) in [6.45, 7) is 6.02. The molecule has 1 aromatic heterocycles. The van der Waals surface area contributed by atoms with Crippen molar-refractivity contribution in [1.29, 1.82) is 0 Å². The molecule has 0 aliphatic rings. The third-order valence-corrected chi connectivity index (χ3v) is 3.10. The summed E-state index contributed by atoms with van der Waals surface area (Å²) in [6.07, 6.45) is 0. The van der Waals surface area contributed by atoms with Gasteiger partial charge in [-0.15, -0.1) is 0 Å². The maximum atomic E-state index is 13.5. The zero-order chi connectivity index (χ0) is 13.5. The standard InChI is InChI=1S/C12H13ClFN3S/c1-12(2,3)17-10(15-16-11(17)18)7-4-5-8(13)9(14)6-7/h4-6H,1-3H3,(H,16,18). The van der Waals surface area contributed by atoms with Gasteiger partial charge in [0.15, 0.2) is 10.6 Å². The van der Waals surface area contributed by atoms with E-state index in [2.05, 4.69) is 10.2 Å². The van der Waals surface area contributed by atoms with Crippen LogP contribution in [-0.4, -0.2) is 14.8 Å². The number of hydrogen-bond acceptors (Lipinski definition) is 2. The predicted octanol–water partition coefficient (Wildman–Crippen LogP) is 4.16. The Bertz CT molecular complexity index is 640. The zero-order valence-corrected chi connectivity index (χ0v) is 11.9. The van der Waals surface area contributed by atoms with Crippen LogP contribution in [0.25, 0.3) is 11.4 Å². The number of benzene rings is 1. The first kappa shape index (κ1) is 13.2. The Morgan fingerprint density at radius 3 is 2.61 bits per heavy atom. The largest absolute Gasteiger partial charge is 0.295 e. The number of halogens is 2. The fourth-order valence-corrected chi connectivity index (χ4v) is 2.27. The summed E-state index contributed by atoms with van der Waals surface area (Å²) in [5, 5.41) is 6.99. The van der Waals surface area contributed by atoms with E-state index >= 15 is 0 Å². The number of nitrogens with zero attached hydrogens (tertiary/aromatic N) is 2. The molecule has 0 saturated carbocycles. The second-order valence-electron chi connectivity index (χ2n) is 4.99. The summed E-state index contributed by atoms with van der Waals surface area (Å²) in [5.74, 6) is 0.131. The minimum atomic E-state index is -0.469. The van der Waals surface area contributed by atoms with Gasteiger partial charge in [0, 0.05) is 11.1 Å². The second kappa shape index (κ2) is 4.48. The van der Waals surface area contributed by atoms with E-state index in [1.165, 1.54) is 12.1 Å². The highest BCUT2D eigenvalue weighted by Gasteiger charge is 2.20. The van der Waals surface area contributed by atoms with Gasteiger partial charge in [0.05, 0.1) is 5.02 Å². The SMILES string of the molecule is CC(C)(C)n1c(-c2ccc(Cl)c(F)c2)n[nH]c1=S. The molecule has 0 bridgehead atoms. The van der Waals surface area contributed by atoms with Crippen LogP contribution in [0, 0.1) is 10.6 Å². The van der Waals surface area contributed by atoms with Crippen LogP contribution >= 0.6 is 23.8 Å². The fourth-order valence-electron chi connectivity index (χ4n) is 1.75. The topological polar surface area (TPSA) is 33.6 Å². The highest BCUT2D eigenvalue weighted by molar-refractivity contribution is 7.71. The van der Waals surface area contributed by atoms with Gasteiger partial charge in [-0.3, -0.25) is 9.67 Å². The monoisotopic (exact) mass is 285 g/mol. The normalized spacial score (nSPS) is 11.8. The smallest absolute Gasteiger partial charge is 0.195 e. The Balaban J connectivity index is 2.65. The van der Waals surface area contributed by atoms with Crippen molar-refractivity contribution in [2.75, 3.05) is 0 Å². The Kier molecular flexibility index (Phi) is 3.29. The van der Waals surface area contributed by atoms with Crippen molar-refractivity contribution in [1.82, 2.24) is 14.8 Å². The first-order valence-electron chi connectivity index (χ1n) is 5.44. The molecule has 2 aromatic rings. The molecule has 0 fully saturated rings. The molecule has 0 aliphatic carbocycles. The van der Waals surface area contributed by atoms with Crippen molar-refractivity contribution in [3.8, 4) is 11.4 Å². The van der Waals surface area contributed by atoms with Crippen LogP contribution in [0.15, 0.2) is 18.2 Å². The molecule has 0 unspecified atom stereocenters. The summed E-state index contributed by atoms with van der Waals surface area (Å²) in [5.41, 5.74) is 0.398. The van der Waals surface area contributed by atoms with Gasteiger partial charge in [-0.05, 0) is 51.2 Å². The number of H-pyrrole nitrogens is 1. The lowest BCUT2D eigenvalue weighted by Crippen LogP contribution is -2.23. The molecule has 0 spiro atoms. The first-order chi connectivity index (χ1) is 8.30. The minimum Gasteiger partial charge on any atom is -0.295 e. The summed E-state index contributed by atoms with van der Waals surface area (Å²) in [7, 11) is 0. The molecule has 18 heavy (non-hydrogen) atoms. The van der Waals surface area contributed by atoms with E-state index in [0.29, 0.717) is 16.2 Å². The van der Waals surface area contributed by atoms with Gasteiger partial charge in [0.25, 0.3) is 0 Å². The van der Waals surface area contributed by atoms with Gasteiger partial charge in [-0.1, -0.05) is 11.6 Å². The number of rotatable bonds is 1. The average molecular weight is 286 g/mol. The van der Waals surface area contributed by atoms with Gasteiger partial charge in [0.2, 0.25) is 0 Å². The van der Waals surface area contributed by atoms with E-state index in [0.717, 1.165) is 0 Å². The summed E-state index contributed by atoms with van der Waals surface area (Å²) < 4.78 is 15.9. The third kappa shape index (κ3) is 2.33. The average Bonchev–Trinajstić information content (AvgIpc) is 2.64. The van der Waals surface area contributed by atoms with Crippen molar-refractivity contribution >= 4 is 23.8 Å². The Morgan fingerprint density at radius 2 is 2.06 bits per heavy atom. The Labute approximate surface area is 115 Å². The predicted molar refractivity (Wildman–Crippen MR) is 72.8 cm³/mol. The number of aromatic amines is 1. The van der Waals surface area contributed by atoms with Crippen LogP contribution in [0.4, 0.5) is 4.39 Å². The molecule has 2 rings (SSSR count). The third-order valence-electron chi connectivity index (χ3n) is 2.52. The molecule has 6 heteroatoms. The highest BCUT2D eigenvalue weighted by atomic mass is 35.5. The molecule has 0 aliphatic heterocycles. The number of aromatic nitrogens is 3. The summed E-state index contributed by atoms with van der Waals surface area (Å²) >= 11 is 10.9. The van der Waals surface area contributed by atoms with Crippen molar-refractivity contribution in [2.45, 2.75) is 26.3 Å². The van der Waals surface area contributed by atoms with Crippen LogP contribution < -0.4 is 0 Å². The minimum absolute atomic E-state index is 0.0928. The lowest BCUT2D eigenvalue weighted by atomic mass is 10.1. The van der Waals surface area contributed by atoms with Crippen molar-refractivity contribution < 1.29 is 4.39 Å². The maximum Gasteiger partial charge on any atom is 0.195 e. The van der Waals surface area contributed by atoms with Crippen LogP contribution in [0.2, 0.25) is 5.02 Å². The van der Waals surface area contributed by atoms with E-state index in [4.69, 9.17) is 23.8 Å². The van der Waals surface area contributed by atoms with E-state index in [-0.39, 0.29) is 10.6 Å². The van der Waals surface area contributed by atoms with Gasteiger partial charge in [-0.2, -0.15) is 5.10 Å². The van der Waals surface area contributed by atoms with Gasteiger partial charge in [-0.25, -0.2) is 4.39 Å². The fraction of sp³-hybridized carbons (Fsp3) is 0.333. The molecular formula is C12H13ClFN3S. The van der Waals surface area contributed by atoms with Crippen molar-refractivity contribution in [3.05, 3.63) is 33.8 Å². The number of hydrogen-bond donors (Lipinski definition) is 1. The van der Waals surface area contributed by atoms with Crippen LogP contribution in [0.3, 0.4) is 0 Å². The van der Waals surface area contributed by atoms with E-state index in [9.17, 15) is 4.39 Å². The Morgan fingerprint density at radius 1 is 1.39 bits per heavy atom. The number of nitrogens with one attached hydrogen (secondary N) is 1. The van der Waals surface area contributed by atoms with Crippen molar-refractivity contribution in [2.24, 2.45) is 0 Å². The molecule has 0 atom stereocenters. The maximum absolute atomic E-state index is 13.5. The van der Waals surface area contributed by atoms with E-state index in [1.807, 2.05) is 25.3 Å². The van der Waals surface area contributed by atoms with Crippen LogP contribution in [-0.2, 0) is 5.54 Å². The molecule has 1 N–H and O–H groups in total. The van der Waals surface area contributed by atoms with Crippen LogP contribution in [0.1, 0.15) is 20.8 Å². The Hall–Kier alpha value is -1.20. The van der Waals surface area contributed by atoms with E-state index in [1.54, 1.807) is 6.07 Å². The lowest BCUT2D eigenvalue weighted by molar-refractivity contribution is 0.395. The lowest BCUT2D eigenvalue weighted by Gasteiger charge is -2.22. The van der Waals surface area contributed by atoms with Crippen molar-refractivity contribution in [3.63, 3.8) is 0 Å². The van der Waals surface area contributed by atoms with Gasteiger partial charge < -0.3 is 0 Å². The molecule has 0 amide bonds. The quantitative estimate of drug-likeness (QED) is 0.799. The molecule has 0 radical (unpaired) electrons. The molecule has 0 saturated heterocycles. The van der Waals surface area contributed by atoms with Crippen LogP contribution in [0.5, 0.6) is 0 Å². The molecule has 3 nitrogen and oxygen atoms in total. The van der Waals surface area contributed by atoms with E-state index < -0.39 is 5.82 Å². The molecule has 1 heterocycles. The first-order valence-corrected chi connectivity index (χ1v) is 6.22.